The van der Waals surface area contributed by atoms with Crippen molar-refractivity contribution in [3.05, 3.63) is 54.1 Å². The number of esters is 1. The van der Waals surface area contributed by atoms with Crippen molar-refractivity contribution in [3.8, 4) is 0 Å². The molecule has 0 spiro atoms. The maximum absolute atomic E-state index is 11.2. The number of ether oxygens (including phenoxy) is 1. The molecule has 0 N–H and O–H groups in total. The first-order valence-corrected chi connectivity index (χ1v) is 7.97. The van der Waals surface area contributed by atoms with E-state index < -0.39 is 0 Å². The third kappa shape index (κ3) is 5.72. The number of carbonyl (C=O) groups is 1. The van der Waals surface area contributed by atoms with Gasteiger partial charge in [-0.25, -0.2) is 4.98 Å². The van der Waals surface area contributed by atoms with E-state index in [1.54, 1.807) is 6.20 Å². The van der Waals surface area contributed by atoms with E-state index in [2.05, 4.69) is 33.8 Å². The quantitative estimate of drug-likeness (QED) is 0.525. The zero-order valence-corrected chi connectivity index (χ0v) is 13.2. The summed E-state index contributed by atoms with van der Waals surface area (Å²) >= 11 is 0. The smallest absolute Gasteiger partial charge is 0.305 e. The first-order chi connectivity index (χ1) is 10.8. The second-order valence-corrected chi connectivity index (χ2v) is 5.42. The summed E-state index contributed by atoms with van der Waals surface area (Å²) in [6.07, 6.45) is 10.3. The van der Waals surface area contributed by atoms with Crippen LogP contribution >= 0.6 is 0 Å². The van der Waals surface area contributed by atoms with Crippen LogP contribution in [0.4, 0.5) is 0 Å². The summed E-state index contributed by atoms with van der Waals surface area (Å²) < 4.78 is 6.98. The van der Waals surface area contributed by atoms with Crippen LogP contribution in [-0.2, 0) is 22.5 Å². The SMILES string of the molecule is CCOC(=O)CCCCCc1ccc(Cn2ccnc2)cc1. The number of rotatable bonds is 9. The summed E-state index contributed by atoms with van der Waals surface area (Å²) in [5.41, 5.74) is 2.63. The van der Waals surface area contributed by atoms with E-state index in [1.807, 2.05) is 19.4 Å². The van der Waals surface area contributed by atoms with Gasteiger partial charge in [0.05, 0.1) is 12.9 Å². The van der Waals surface area contributed by atoms with Crippen LogP contribution in [-0.4, -0.2) is 22.1 Å². The first-order valence-electron chi connectivity index (χ1n) is 7.97. The molecule has 22 heavy (non-hydrogen) atoms. The van der Waals surface area contributed by atoms with Crippen molar-refractivity contribution < 1.29 is 9.53 Å². The van der Waals surface area contributed by atoms with Gasteiger partial charge in [0.1, 0.15) is 0 Å². The van der Waals surface area contributed by atoms with Crippen molar-refractivity contribution >= 4 is 5.97 Å². The average Bonchev–Trinajstić information content (AvgIpc) is 3.02. The van der Waals surface area contributed by atoms with Gasteiger partial charge in [-0.1, -0.05) is 30.7 Å². The minimum absolute atomic E-state index is 0.0774. The lowest BCUT2D eigenvalue weighted by Gasteiger charge is -2.05. The third-order valence-corrected chi connectivity index (χ3v) is 3.60. The van der Waals surface area contributed by atoms with Gasteiger partial charge in [-0.05, 0) is 37.3 Å². The van der Waals surface area contributed by atoms with Crippen LogP contribution in [0.5, 0.6) is 0 Å². The molecule has 4 heteroatoms. The monoisotopic (exact) mass is 300 g/mol. The molecular weight excluding hydrogens is 276 g/mol. The Hall–Kier alpha value is -2.10. The van der Waals surface area contributed by atoms with Crippen molar-refractivity contribution in [3.63, 3.8) is 0 Å². The van der Waals surface area contributed by atoms with Crippen LogP contribution in [0, 0.1) is 0 Å². The number of aromatic nitrogens is 2. The molecule has 2 rings (SSSR count). The zero-order valence-electron chi connectivity index (χ0n) is 13.2. The highest BCUT2D eigenvalue weighted by atomic mass is 16.5. The number of hydrogen-bond donors (Lipinski definition) is 0. The van der Waals surface area contributed by atoms with Gasteiger partial charge in [-0.3, -0.25) is 4.79 Å². The first kappa shape index (κ1) is 16.3. The molecule has 0 saturated heterocycles. The van der Waals surface area contributed by atoms with Gasteiger partial charge >= 0.3 is 5.97 Å². The van der Waals surface area contributed by atoms with E-state index in [4.69, 9.17) is 4.74 Å². The Morgan fingerprint density at radius 1 is 1.14 bits per heavy atom. The van der Waals surface area contributed by atoms with Crippen molar-refractivity contribution in [1.29, 1.82) is 0 Å². The van der Waals surface area contributed by atoms with Crippen LogP contribution in [0.15, 0.2) is 43.0 Å². The van der Waals surface area contributed by atoms with Gasteiger partial charge in [0, 0.05) is 25.4 Å². The van der Waals surface area contributed by atoms with Crippen molar-refractivity contribution in [2.45, 2.75) is 45.6 Å². The molecule has 118 valence electrons. The average molecular weight is 300 g/mol. The van der Waals surface area contributed by atoms with E-state index in [9.17, 15) is 4.79 Å². The standard InChI is InChI=1S/C18H24N2O2/c1-2-22-18(21)7-5-3-4-6-16-8-10-17(11-9-16)14-20-13-12-19-15-20/h8-13,15H,2-7,14H2,1H3. The predicted octanol–water partition coefficient (Wildman–Crippen LogP) is 3.60. The van der Waals surface area contributed by atoms with Gasteiger partial charge in [0.25, 0.3) is 0 Å². The van der Waals surface area contributed by atoms with Crippen molar-refractivity contribution in [1.82, 2.24) is 9.55 Å². The largest absolute Gasteiger partial charge is 0.466 e. The fourth-order valence-corrected chi connectivity index (χ4v) is 2.41. The van der Waals surface area contributed by atoms with Crippen LogP contribution in [0.3, 0.4) is 0 Å². The van der Waals surface area contributed by atoms with Gasteiger partial charge in [-0.2, -0.15) is 0 Å². The summed E-state index contributed by atoms with van der Waals surface area (Å²) in [5.74, 6) is -0.0774. The van der Waals surface area contributed by atoms with Gasteiger partial charge in [0.2, 0.25) is 0 Å². The molecule has 1 aromatic heterocycles. The minimum atomic E-state index is -0.0774. The number of carbonyl (C=O) groups excluding carboxylic acids is 1. The van der Waals surface area contributed by atoms with Crippen LogP contribution in [0.1, 0.15) is 43.7 Å². The molecule has 4 nitrogen and oxygen atoms in total. The number of hydrogen-bond acceptors (Lipinski definition) is 3. The molecule has 0 bridgehead atoms. The molecule has 0 fully saturated rings. The number of imidazole rings is 1. The van der Waals surface area contributed by atoms with Gasteiger partial charge in [-0.15, -0.1) is 0 Å². The number of aryl methyl sites for hydroxylation is 1. The predicted molar refractivity (Wildman–Crippen MR) is 86.6 cm³/mol. The lowest BCUT2D eigenvalue weighted by atomic mass is 10.0. The molecule has 0 radical (unpaired) electrons. The number of unbranched alkanes of at least 4 members (excludes halogenated alkanes) is 2. The maximum Gasteiger partial charge on any atom is 0.305 e. The van der Waals surface area contributed by atoms with Crippen LogP contribution in [0.2, 0.25) is 0 Å². The van der Waals surface area contributed by atoms with Gasteiger partial charge in [0.15, 0.2) is 0 Å². The maximum atomic E-state index is 11.2. The summed E-state index contributed by atoms with van der Waals surface area (Å²) in [7, 11) is 0. The molecule has 0 saturated carbocycles. The Balaban J connectivity index is 1.65. The van der Waals surface area contributed by atoms with Gasteiger partial charge < -0.3 is 9.30 Å². The zero-order chi connectivity index (χ0) is 15.6. The molecule has 0 atom stereocenters. The Morgan fingerprint density at radius 3 is 2.59 bits per heavy atom. The normalized spacial score (nSPS) is 10.6. The summed E-state index contributed by atoms with van der Waals surface area (Å²) in [4.78, 5) is 15.3. The van der Waals surface area contributed by atoms with E-state index in [-0.39, 0.29) is 5.97 Å². The van der Waals surface area contributed by atoms with Crippen molar-refractivity contribution in [2.24, 2.45) is 0 Å². The molecule has 2 aromatic rings. The van der Waals surface area contributed by atoms with E-state index >= 15 is 0 Å². The molecule has 0 amide bonds. The fourth-order valence-electron chi connectivity index (χ4n) is 2.41. The van der Waals surface area contributed by atoms with E-state index in [1.165, 1.54) is 11.1 Å². The summed E-state index contributed by atoms with van der Waals surface area (Å²) in [6.45, 7) is 3.18. The van der Waals surface area contributed by atoms with E-state index in [0.717, 1.165) is 32.2 Å². The molecular formula is C18H24N2O2. The van der Waals surface area contributed by atoms with Crippen LogP contribution in [0.25, 0.3) is 0 Å². The molecule has 1 heterocycles. The highest BCUT2D eigenvalue weighted by Gasteiger charge is 2.01. The lowest BCUT2D eigenvalue weighted by Crippen LogP contribution is -2.03. The Kier molecular flexibility index (Phi) is 6.68. The Morgan fingerprint density at radius 2 is 1.91 bits per heavy atom. The van der Waals surface area contributed by atoms with Crippen LogP contribution < -0.4 is 0 Å². The molecule has 0 aliphatic carbocycles. The fraction of sp³-hybridized carbons (Fsp3) is 0.444. The Bertz CT molecular complexity index is 547. The summed E-state index contributed by atoms with van der Waals surface area (Å²) in [5, 5.41) is 0. The van der Waals surface area contributed by atoms with E-state index in [0.29, 0.717) is 13.0 Å². The highest BCUT2D eigenvalue weighted by Crippen LogP contribution is 2.11. The lowest BCUT2D eigenvalue weighted by molar-refractivity contribution is -0.143. The second kappa shape index (κ2) is 9.03. The number of benzene rings is 1. The molecule has 1 aromatic carbocycles. The Labute approximate surface area is 132 Å². The number of nitrogens with zero attached hydrogens (tertiary/aromatic N) is 2. The molecule has 0 aliphatic rings. The summed E-state index contributed by atoms with van der Waals surface area (Å²) in [6, 6.07) is 8.73. The topological polar surface area (TPSA) is 44.1 Å². The molecule has 0 aliphatic heterocycles. The minimum Gasteiger partial charge on any atom is -0.466 e. The van der Waals surface area contributed by atoms with Crippen molar-refractivity contribution in [2.75, 3.05) is 6.61 Å². The molecule has 0 unspecified atom stereocenters. The second-order valence-electron chi connectivity index (χ2n) is 5.42. The highest BCUT2D eigenvalue weighted by molar-refractivity contribution is 5.69. The third-order valence-electron chi connectivity index (χ3n) is 3.60.